The van der Waals surface area contributed by atoms with E-state index < -0.39 is 5.97 Å². The Bertz CT molecular complexity index is 670. The third kappa shape index (κ3) is 1.22. The van der Waals surface area contributed by atoms with Gasteiger partial charge in [-0.1, -0.05) is 0 Å². The van der Waals surface area contributed by atoms with Crippen molar-refractivity contribution in [3.8, 4) is 0 Å². The molecule has 1 aromatic carbocycles. The first kappa shape index (κ1) is 10.0. The molecule has 0 amide bonds. The van der Waals surface area contributed by atoms with E-state index in [1.54, 1.807) is 23.9 Å². The number of hydrogen-bond acceptors (Lipinski definition) is 3. The molecular formula is C12H10N2O3. The highest BCUT2D eigenvalue weighted by molar-refractivity contribution is 6.10. The lowest BCUT2D eigenvalue weighted by atomic mass is 10.0. The number of nitrogens with zero attached hydrogens (tertiary/aromatic N) is 2. The fourth-order valence-corrected chi connectivity index (χ4v) is 2.47. The van der Waals surface area contributed by atoms with E-state index in [0.717, 1.165) is 11.1 Å². The largest absolute Gasteiger partial charge is 0.476 e. The lowest BCUT2D eigenvalue weighted by molar-refractivity contribution is 0.0691. The molecule has 0 atom stereocenters. The summed E-state index contributed by atoms with van der Waals surface area (Å²) in [6.07, 6.45) is 1.07. The van der Waals surface area contributed by atoms with Crippen molar-refractivity contribution in [3.63, 3.8) is 0 Å². The summed E-state index contributed by atoms with van der Waals surface area (Å²) in [5.74, 6) is -0.967. The van der Waals surface area contributed by atoms with Crippen molar-refractivity contribution in [2.24, 2.45) is 7.05 Å². The fraction of sp³-hybridized carbons (Fsp3) is 0.250. The van der Waals surface area contributed by atoms with E-state index in [4.69, 9.17) is 5.11 Å². The van der Waals surface area contributed by atoms with Crippen LogP contribution in [0, 0.1) is 0 Å². The van der Waals surface area contributed by atoms with E-state index >= 15 is 0 Å². The molecule has 1 N–H and O–H groups in total. The van der Waals surface area contributed by atoms with Gasteiger partial charge < -0.3 is 5.11 Å². The van der Waals surface area contributed by atoms with Gasteiger partial charge in [0.1, 0.15) is 0 Å². The number of rotatable bonds is 1. The predicted molar refractivity (Wildman–Crippen MR) is 60.3 cm³/mol. The first-order valence-electron chi connectivity index (χ1n) is 5.34. The number of aryl methyl sites for hydroxylation is 2. The summed E-state index contributed by atoms with van der Waals surface area (Å²) in [5.41, 5.74) is 2.27. The van der Waals surface area contributed by atoms with Crippen LogP contribution in [0.4, 0.5) is 0 Å². The minimum atomic E-state index is -1.05. The summed E-state index contributed by atoms with van der Waals surface area (Å²) in [6.45, 7) is 0. The lowest BCUT2D eigenvalue weighted by Crippen LogP contribution is -2.00. The van der Waals surface area contributed by atoms with Crippen LogP contribution in [0.2, 0.25) is 0 Å². The van der Waals surface area contributed by atoms with Crippen molar-refractivity contribution < 1.29 is 14.7 Å². The molecule has 86 valence electrons. The van der Waals surface area contributed by atoms with Gasteiger partial charge in [-0.15, -0.1) is 0 Å². The Hall–Kier alpha value is -2.17. The molecule has 3 rings (SSSR count). The summed E-state index contributed by atoms with van der Waals surface area (Å²) in [6, 6.07) is 3.52. The predicted octanol–water partition coefficient (Wildman–Crippen LogP) is 1.40. The van der Waals surface area contributed by atoms with Crippen LogP contribution in [0.15, 0.2) is 12.1 Å². The van der Waals surface area contributed by atoms with Crippen molar-refractivity contribution in [1.82, 2.24) is 9.78 Å². The van der Waals surface area contributed by atoms with Gasteiger partial charge in [-0.3, -0.25) is 9.48 Å². The molecule has 0 radical (unpaired) electrons. The van der Waals surface area contributed by atoms with Crippen LogP contribution in [0.1, 0.15) is 32.8 Å². The maximum Gasteiger partial charge on any atom is 0.357 e. The minimum absolute atomic E-state index is 0.0362. The zero-order valence-electron chi connectivity index (χ0n) is 9.23. The fourth-order valence-electron chi connectivity index (χ4n) is 2.47. The first-order chi connectivity index (χ1) is 8.09. The first-order valence-corrected chi connectivity index (χ1v) is 5.34. The number of carboxylic acid groups (broad SMARTS) is 1. The number of fused-ring (bicyclic) bond motifs is 3. The van der Waals surface area contributed by atoms with Crippen LogP contribution in [0.5, 0.6) is 0 Å². The second-order valence-corrected chi connectivity index (χ2v) is 4.19. The van der Waals surface area contributed by atoms with Crippen LogP contribution in [0.25, 0.3) is 10.9 Å². The van der Waals surface area contributed by atoms with E-state index in [0.29, 0.717) is 23.8 Å². The molecule has 0 unspecified atom stereocenters. The Balaban J connectivity index is 2.46. The van der Waals surface area contributed by atoms with E-state index in [1.165, 1.54) is 0 Å². The van der Waals surface area contributed by atoms with Crippen molar-refractivity contribution in [2.75, 3.05) is 0 Å². The summed E-state index contributed by atoms with van der Waals surface area (Å²) >= 11 is 0. The normalized spacial score (nSPS) is 14.3. The molecule has 0 spiro atoms. The molecule has 1 aliphatic carbocycles. The third-order valence-electron chi connectivity index (χ3n) is 3.23. The molecule has 0 saturated heterocycles. The van der Waals surface area contributed by atoms with Gasteiger partial charge in [-0.2, -0.15) is 5.10 Å². The quantitative estimate of drug-likeness (QED) is 0.803. The second kappa shape index (κ2) is 3.16. The Morgan fingerprint density at radius 3 is 2.88 bits per heavy atom. The van der Waals surface area contributed by atoms with Crippen molar-refractivity contribution in [1.29, 1.82) is 0 Å². The number of hydrogen-bond donors (Lipinski definition) is 1. The standard InChI is InChI=1S/C12H10N2O3/c1-14-8-4-2-6-7(3-5-9(6)15)10(8)11(13-14)12(16)17/h2,4H,3,5H2,1H3,(H,16,17). The summed E-state index contributed by atoms with van der Waals surface area (Å²) in [7, 11) is 1.71. The number of carboxylic acids is 1. The van der Waals surface area contributed by atoms with E-state index in [-0.39, 0.29) is 11.5 Å². The van der Waals surface area contributed by atoms with Crippen molar-refractivity contribution >= 4 is 22.7 Å². The number of carbonyl (C=O) groups excluding carboxylic acids is 1. The van der Waals surface area contributed by atoms with Gasteiger partial charge in [-0.25, -0.2) is 4.79 Å². The van der Waals surface area contributed by atoms with Gasteiger partial charge in [0, 0.05) is 24.4 Å². The zero-order chi connectivity index (χ0) is 12.2. The topological polar surface area (TPSA) is 72.2 Å². The summed E-state index contributed by atoms with van der Waals surface area (Å²) in [4.78, 5) is 22.8. The number of benzene rings is 1. The molecule has 0 saturated carbocycles. The van der Waals surface area contributed by atoms with Crippen LogP contribution in [-0.4, -0.2) is 26.6 Å². The SMILES string of the molecule is Cn1nc(C(=O)O)c2c3c(ccc21)C(=O)CC3. The minimum Gasteiger partial charge on any atom is -0.476 e. The van der Waals surface area contributed by atoms with Gasteiger partial charge in [-0.05, 0) is 24.1 Å². The molecule has 5 heteroatoms. The molecule has 0 bridgehead atoms. The maximum atomic E-state index is 11.6. The highest BCUT2D eigenvalue weighted by Gasteiger charge is 2.26. The average molecular weight is 230 g/mol. The Morgan fingerprint density at radius 1 is 1.41 bits per heavy atom. The van der Waals surface area contributed by atoms with Gasteiger partial charge in [0.15, 0.2) is 11.5 Å². The molecule has 0 fully saturated rings. The lowest BCUT2D eigenvalue weighted by Gasteiger charge is -2.00. The molecule has 5 nitrogen and oxygen atoms in total. The van der Waals surface area contributed by atoms with Crippen LogP contribution in [0.3, 0.4) is 0 Å². The number of Topliss-reactive ketones (excluding diaryl/α,β-unsaturated/α-hetero) is 1. The van der Waals surface area contributed by atoms with Crippen LogP contribution >= 0.6 is 0 Å². The molecule has 1 heterocycles. The summed E-state index contributed by atoms with van der Waals surface area (Å²) in [5, 5.41) is 13.7. The van der Waals surface area contributed by atoms with Gasteiger partial charge in [0.25, 0.3) is 0 Å². The molecule has 2 aromatic rings. The molecule has 17 heavy (non-hydrogen) atoms. The Labute approximate surface area is 96.7 Å². The van der Waals surface area contributed by atoms with Gasteiger partial charge in [0.2, 0.25) is 0 Å². The smallest absolute Gasteiger partial charge is 0.357 e. The third-order valence-corrected chi connectivity index (χ3v) is 3.23. The van der Waals surface area contributed by atoms with Crippen molar-refractivity contribution in [3.05, 3.63) is 29.0 Å². The van der Waals surface area contributed by atoms with Gasteiger partial charge in [0.05, 0.1) is 5.52 Å². The summed E-state index contributed by atoms with van der Waals surface area (Å²) < 4.78 is 1.54. The van der Waals surface area contributed by atoms with Crippen LogP contribution < -0.4 is 0 Å². The number of aromatic carboxylic acids is 1. The molecule has 0 aliphatic heterocycles. The Kier molecular flexibility index (Phi) is 1.86. The van der Waals surface area contributed by atoms with Crippen LogP contribution in [-0.2, 0) is 13.5 Å². The highest BCUT2D eigenvalue weighted by Crippen LogP contribution is 2.31. The van der Waals surface area contributed by atoms with Crippen molar-refractivity contribution in [2.45, 2.75) is 12.8 Å². The maximum absolute atomic E-state index is 11.6. The van der Waals surface area contributed by atoms with E-state index in [1.807, 2.05) is 0 Å². The monoisotopic (exact) mass is 230 g/mol. The number of ketones is 1. The second-order valence-electron chi connectivity index (χ2n) is 4.19. The Morgan fingerprint density at radius 2 is 2.18 bits per heavy atom. The van der Waals surface area contributed by atoms with Gasteiger partial charge >= 0.3 is 5.97 Å². The molecule has 1 aromatic heterocycles. The van der Waals surface area contributed by atoms with E-state index in [2.05, 4.69) is 5.10 Å². The average Bonchev–Trinajstić information content (AvgIpc) is 2.81. The highest BCUT2D eigenvalue weighted by atomic mass is 16.4. The molecular weight excluding hydrogens is 220 g/mol. The number of aromatic nitrogens is 2. The molecule has 1 aliphatic rings. The zero-order valence-corrected chi connectivity index (χ0v) is 9.23. The number of carbonyl (C=O) groups is 2. The van der Waals surface area contributed by atoms with E-state index in [9.17, 15) is 9.59 Å².